The summed E-state index contributed by atoms with van der Waals surface area (Å²) >= 11 is 0. The average molecular weight is 395 g/mol. The average Bonchev–Trinajstić information content (AvgIpc) is 3.17. The molecule has 9 heteroatoms. The zero-order chi connectivity index (χ0) is 20.1. The van der Waals surface area contributed by atoms with Gasteiger partial charge in [0.2, 0.25) is 5.91 Å². The van der Waals surface area contributed by atoms with Gasteiger partial charge in [0, 0.05) is 31.6 Å². The first-order valence-electron chi connectivity index (χ1n) is 10.2. The number of anilines is 1. The number of aryl methyl sites for hydroxylation is 2. The molecule has 3 aromatic rings. The van der Waals surface area contributed by atoms with Gasteiger partial charge in [0.25, 0.3) is 0 Å². The van der Waals surface area contributed by atoms with Crippen LogP contribution >= 0.6 is 0 Å². The van der Waals surface area contributed by atoms with E-state index in [4.69, 9.17) is 9.62 Å². The molecule has 29 heavy (non-hydrogen) atoms. The molecule has 3 aromatic heterocycles. The highest BCUT2D eigenvalue weighted by Gasteiger charge is 2.34. The molecule has 0 N–H and O–H groups in total. The van der Waals surface area contributed by atoms with Crippen LogP contribution in [0.4, 0.5) is 5.82 Å². The topological polar surface area (TPSA) is 92.7 Å². The Hall–Kier alpha value is -2.97. The molecule has 0 radical (unpaired) electrons. The largest absolute Gasteiger partial charge is 0.361 e. The molecular formula is C20H25N7O2. The zero-order valence-corrected chi connectivity index (χ0v) is 17.0. The Morgan fingerprint density at radius 3 is 2.69 bits per heavy atom. The van der Waals surface area contributed by atoms with Crippen molar-refractivity contribution < 1.29 is 9.32 Å². The Kier molecular flexibility index (Phi) is 4.25. The van der Waals surface area contributed by atoms with Gasteiger partial charge in [-0.05, 0) is 38.8 Å². The number of likely N-dealkylation sites (N-methyl/N-ethyl adjacent to an activating group) is 1. The number of nitrogens with zero attached hydrogens (tertiary/aromatic N) is 7. The Balaban J connectivity index is 1.25. The fourth-order valence-electron chi connectivity index (χ4n) is 4.01. The van der Waals surface area contributed by atoms with Crippen molar-refractivity contribution in [2.24, 2.45) is 0 Å². The minimum atomic E-state index is 0.0820. The van der Waals surface area contributed by atoms with Gasteiger partial charge in [-0.25, -0.2) is 0 Å². The molecule has 2 aliphatic rings. The van der Waals surface area contributed by atoms with E-state index in [2.05, 4.69) is 20.3 Å². The van der Waals surface area contributed by atoms with Crippen molar-refractivity contribution >= 4 is 17.4 Å². The summed E-state index contributed by atoms with van der Waals surface area (Å²) < 4.78 is 7.06. The summed E-state index contributed by atoms with van der Waals surface area (Å²) in [6.45, 7) is 5.25. The van der Waals surface area contributed by atoms with E-state index in [0.717, 1.165) is 54.5 Å². The molecule has 5 rings (SSSR count). The lowest BCUT2D eigenvalue weighted by Crippen LogP contribution is -2.60. The van der Waals surface area contributed by atoms with Crippen LogP contribution < -0.4 is 4.90 Å². The molecule has 1 aliphatic carbocycles. The standard InChI is InChI=1S/C20H25N7O2/c1-12-16(13(2)29-24-12)9-19(28)25(3)15-10-26(11-15)18-8-7-17-21-22-20(27(17)23-18)14-5-4-6-14/h7-8,14-15H,4-6,9-11H2,1-3H3. The van der Waals surface area contributed by atoms with Crippen LogP contribution in [0.15, 0.2) is 16.7 Å². The molecule has 4 heterocycles. The quantitative estimate of drug-likeness (QED) is 0.651. The highest BCUT2D eigenvalue weighted by molar-refractivity contribution is 5.79. The summed E-state index contributed by atoms with van der Waals surface area (Å²) in [4.78, 5) is 16.7. The van der Waals surface area contributed by atoms with Gasteiger partial charge in [0.1, 0.15) is 11.6 Å². The first kappa shape index (κ1) is 18.1. The number of aromatic nitrogens is 5. The van der Waals surface area contributed by atoms with Crippen LogP contribution in [0.1, 0.15) is 48.0 Å². The molecule has 0 bridgehead atoms. The van der Waals surface area contributed by atoms with E-state index < -0.39 is 0 Å². The first-order valence-corrected chi connectivity index (χ1v) is 10.2. The molecule has 0 spiro atoms. The van der Waals surface area contributed by atoms with Crippen LogP contribution in [-0.4, -0.2) is 62.0 Å². The Morgan fingerprint density at radius 1 is 1.24 bits per heavy atom. The number of carbonyl (C=O) groups is 1. The van der Waals surface area contributed by atoms with Gasteiger partial charge in [-0.2, -0.15) is 4.52 Å². The van der Waals surface area contributed by atoms with Crippen LogP contribution in [0.3, 0.4) is 0 Å². The normalized spacial score (nSPS) is 17.4. The maximum absolute atomic E-state index is 12.7. The van der Waals surface area contributed by atoms with Gasteiger partial charge >= 0.3 is 0 Å². The van der Waals surface area contributed by atoms with Crippen molar-refractivity contribution in [3.8, 4) is 0 Å². The van der Waals surface area contributed by atoms with Gasteiger partial charge in [-0.1, -0.05) is 11.6 Å². The van der Waals surface area contributed by atoms with E-state index in [1.54, 1.807) is 0 Å². The van der Waals surface area contributed by atoms with E-state index in [0.29, 0.717) is 18.1 Å². The van der Waals surface area contributed by atoms with Gasteiger partial charge in [-0.3, -0.25) is 4.79 Å². The second-order valence-corrected chi connectivity index (χ2v) is 8.19. The van der Waals surface area contributed by atoms with E-state index in [1.165, 1.54) is 6.42 Å². The second-order valence-electron chi connectivity index (χ2n) is 8.19. The summed E-state index contributed by atoms with van der Waals surface area (Å²) in [5.74, 6) is 3.15. The van der Waals surface area contributed by atoms with E-state index in [-0.39, 0.29) is 11.9 Å². The van der Waals surface area contributed by atoms with Crippen LogP contribution in [0.2, 0.25) is 0 Å². The van der Waals surface area contributed by atoms with Crippen LogP contribution in [0.5, 0.6) is 0 Å². The second kappa shape index (κ2) is 6.82. The van der Waals surface area contributed by atoms with E-state index in [9.17, 15) is 4.79 Å². The maximum Gasteiger partial charge on any atom is 0.227 e. The minimum absolute atomic E-state index is 0.0820. The number of hydrogen-bond acceptors (Lipinski definition) is 7. The predicted molar refractivity (Wildman–Crippen MR) is 106 cm³/mol. The van der Waals surface area contributed by atoms with Crippen molar-refractivity contribution in [1.82, 2.24) is 29.9 Å². The maximum atomic E-state index is 12.7. The molecule has 1 aliphatic heterocycles. The summed E-state index contributed by atoms with van der Waals surface area (Å²) in [6.07, 6.45) is 3.90. The number of fused-ring (bicyclic) bond motifs is 1. The van der Waals surface area contributed by atoms with Crippen LogP contribution in [0, 0.1) is 13.8 Å². The third-order valence-corrected chi connectivity index (χ3v) is 6.38. The van der Waals surface area contributed by atoms with Crippen LogP contribution in [0.25, 0.3) is 5.65 Å². The molecule has 0 aromatic carbocycles. The summed E-state index contributed by atoms with van der Waals surface area (Å²) in [5.41, 5.74) is 2.47. The number of amides is 1. The molecule has 2 fully saturated rings. The third kappa shape index (κ3) is 3.04. The Bertz CT molecular complexity index is 1040. The summed E-state index contributed by atoms with van der Waals surface area (Å²) in [6, 6.07) is 4.13. The van der Waals surface area contributed by atoms with E-state index >= 15 is 0 Å². The molecule has 1 saturated carbocycles. The Labute approximate surface area is 168 Å². The summed E-state index contributed by atoms with van der Waals surface area (Å²) in [7, 11) is 1.87. The van der Waals surface area contributed by atoms with Crippen molar-refractivity contribution in [3.63, 3.8) is 0 Å². The van der Waals surface area contributed by atoms with Crippen molar-refractivity contribution in [2.45, 2.75) is 51.5 Å². The zero-order valence-electron chi connectivity index (χ0n) is 17.0. The number of hydrogen-bond donors (Lipinski definition) is 0. The fraction of sp³-hybridized carbons (Fsp3) is 0.550. The predicted octanol–water partition coefficient (Wildman–Crippen LogP) is 1.89. The lowest BCUT2D eigenvalue weighted by molar-refractivity contribution is -0.131. The van der Waals surface area contributed by atoms with E-state index in [1.807, 2.05) is 42.4 Å². The van der Waals surface area contributed by atoms with Crippen molar-refractivity contribution in [2.75, 3.05) is 25.0 Å². The lowest BCUT2D eigenvalue weighted by Gasteiger charge is -2.44. The molecule has 9 nitrogen and oxygen atoms in total. The molecular weight excluding hydrogens is 370 g/mol. The first-order chi connectivity index (χ1) is 14.0. The SMILES string of the molecule is Cc1noc(C)c1CC(=O)N(C)C1CN(c2ccc3nnc(C4CCC4)n3n2)C1. The van der Waals surface area contributed by atoms with Crippen molar-refractivity contribution in [3.05, 3.63) is 35.0 Å². The Morgan fingerprint density at radius 2 is 2.03 bits per heavy atom. The monoisotopic (exact) mass is 395 g/mol. The van der Waals surface area contributed by atoms with Gasteiger partial charge in [0.05, 0.1) is 18.2 Å². The van der Waals surface area contributed by atoms with Crippen LogP contribution in [-0.2, 0) is 11.2 Å². The number of rotatable bonds is 5. The highest BCUT2D eigenvalue weighted by Crippen LogP contribution is 2.35. The minimum Gasteiger partial charge on any atom is -0.361 e. The molecule has 0 atom stereocenters. The fourth-order valence-corrected chi connectivity index (χ4v) is 4.01. The molecule has 1 saturated heterocycles. The molecule has 0 unspecified atom stereocenters. The third-order valence-electron chi connectivity index (χ3n) is 6.38. The highest BCUT2D eigenvalue weighted by atomic mass is 16.5. The number of carbonyl (C=O) groups excluding carboxylic acids is 1. The van der Waals surface area contributed by atoms with Gasteiger partial charge in [-0.15, -0.1) is 15.3 Å². The smallest absolute Gasteiger partial charge is 0.227 e. The lowest BCUT2D eigenvalue weighted by atomic mass is 9.85. The molecule has 152 valence electrons. The molecule has 1 amide bonds. The summed E-state index contributed by atoms with van der Waals surface area (Å²) in [5, 5.41) is 17.3. The van der Waals surface area contributed by atoms with Crippen molar-refractivity contribution in [1.29, 1.82) is 0 Å². The van der Waals surface area contributed by atoms with Gasteiger partial charge < -0.3 is 14.3 Å². The van der Waals surface area contributed by atoms with Gasteiger partial charge in [0.15, 0.2) is 11.5 Å².